The number of nitrogens with zero attached hydrogens (tertiary/aromatic N) is 2. The Morgan fingerprint density at radius 3 is 2.67 bits per heavy atom. The van der Waals surface area contributed by atoms with E-state index >= 15 is 0 Å². The molecule has 1 aliphatic carbocycles. The molecule has 0 unspecified atom stereocenters. The van der Waals surface area contributed by atoms with Gasteiger partial charge in [-0.25, -0.2) is 4.98 Å². The van der Waals surface area contributed by atoms with Crippen LogP contribution in [0.15, 0.2) is 47.3 Å². The number of thiazole rings is 1. The van der Waals surface area contributed by atoms with E-state index in [4.69, 9.17) is 4.42 Å². The van der Waals surface area contributed by atoms with Gasteiger partial charge in [-0.05, 0) is 37.1 Å². The molecule has 1 amide bonds. The summed E-state index contributed by atoms with van der Waals surface area (Å²) in [5.74, 6) is 0.594. The van der Waals surface area contributed by atoms with E-state index in [9.17, 15) is 9.59 Å². The van der Waals surface area contributed by atoms with E-state index in [-0.39, 0.29) is 24.2 Å². The van der Waals surface area contributed by atoms with E-state index < -0.39 is 0 Å². The predicted molar refractivity (Wildman–Crippen MR) is 102 cm³/mol. The van der Waals surface area contributed by atoms with Crippen molar-refractivity contribution < 1.29 is 14.0 Å². The molecular formula is C20H19N3O3S. The maximum absolute atomic E-state index is 13.0. The van der Waals surface area contributed by atoms with Crippen LogP contribution in [0.25, 0.3) is 11.5 Å². The number of aromatic nitrogens is 2. The lowest BCUT2D eigenvalue weighted by molar-refractivity contribution is 0.0925. The molecule has 3 heterocycles. The maximum Gasteiger partial charge on any atom is 0.251 e. The lowest BCUT2D eigenvalue weighted by Crippen LogP contribution is -2.22. The van der Waals surface area contributed by atoms with Gasteiger partial charge in [0, 0.05) is 23.9 Å². The minimum Gasteiger partial charge on any atom is -0.463 e. The monoisotopic (exact) mass is 381 g/mol. The Morgan fingerprint density at radius 2 is 1.96 bits per heavy atom. The summed E-state index contributed by atoms with van der Waals surface area (Å²) in [5.41, 5.74) is 1.12. The zero-order chi connectivity index (χ0) is 18.6. The van der Waals surface area contributed by atoms with Crippen molar-refractivity contribution >= 4 is 23.0 Å². The van der Waals surface area contributed by atoms with Crippen LogP contribution in [0.3, 0.4) is 0 Å². The Labute approximate surface area is 160 Å². The molecule has 3 aromatic rings. The van der Waals surface area contributed by atoms with Crippen LogP contribution < -0.4 is 5.32 Å². The molecule has 0 aromatic carbocycles. The molecule has 0 aliphatic heterocycles. The van der Waals surface area contributed by atoms with Crippen molar-refractivity contribution in [2.75, 3.05) is 0 Å². The third-order valence-electron chi connectivity index (χ3n) is 4.72. The fourth-order valence-electron chi connectivity index (χ4n) is 3.32. The zero-order valence-electron chi connectivity index (χ0n) is 14.7. The Morgan fingerprint density at radius 1 is 1.19 bits per heavy atom. The van der Waals surface area contributed by atoms with Gasteiger partial charge >= 0.3 is 0 Å². The number of pyridine rings is 1. The van der Waals surface area contributed by atoms with Crippen molar-refractivity contribution in [3.8, 4) is 11.5 Å². The van der Waals surface area contributed by atoms with Crippen molar-refractivity contribution in [2.24, 2.45) is 5.92 Å². The first-order valence-electron chi connectivity index (χ1n) is 8.98. The van der Waals surface area contributed by atoms with Gasteiger partial charge in [0.1, 0.15) is 15.6 Å². The average molecular weight is 381 g/mol. The smallest absolute Gasteiger partial charge is 0.251 e. The summed E-state index contributed by atoms with van der Waals surface area (Å²) >= 11 is 1.34. The SMILES string of the molecule is O=C(NCc1nc(-c2ccco2)c(C(=O)C2CCCC2)s1)c1ccncc1. The average Bonchev–Trinajstić information content (AvgIpc) is 3.47. The van der Waals surface area contributed by atoms with Crippen molar-refractivity contribution in [1.82, 2.24) is 15.3 Å². The van der Waals surface area contributed by atoms with Gasteiger partial charge in [0.05, 0.1) is 12.8 Å². The van der Waals surface area contributed by atoms with Crippen molar-refractivity contribution in [3.63, 3.8) is 0 Å². The molecule has 0 saturated heterocycles. The van der Waals surface area contributed by atoms with E-state index in [2.05, 4.69) is 15.3 Å². The fourth-order valence-corrected chi connectivity index (χ4v) is 4.35. The van der Waals surface area contributed by atoms with Gasteiger partial charge in [-0.2, -0.15) is 0 Å². The molecule has 1 fully saturated rings. The Balaban J connectivity index is 1.55. The first-order valence-corrected chi connectivity index (χ1v) is 9.80. The van der Waals surface area contributed by atoms with Crippen LogP contribution in [0.5, 0.6) is 0 Å². The molecule has 1 N–H and O–H groups in total. The topological polar surface area (TPSA) is 85.1 Å². The number of hydrogen-bond acceptors (Lipinski definition) is 6. The highest BCUT2D eigenvalue weighted by atomic mass is 32.1. The summed E-state index contributed by atoms with van der Waals surface area (Å²) in [6.07, 6.45) is 8.78. The van der Waals surface area contributed by atoms with Gasteiger partial charge in [0.25, 0.3) is 5.91 Å². The van der Waals surface area contributed by atoms with E-state index in [0.29, 0.717) is 26.9 Å². The summed E-state index contributed by atoms with van der Waals surface area (Å²) in [6.45, 7) is 0.261. The zero-order valence-corrected chi connectivity index (χ0v) is 15.5. The highest BCUT2D eigenvalue weighted by Crippen LogP contribution is 2.35. The first-order chi connectivity index (χ1) is 13.2. The lowest BCUT2D eigenvalue weighted by Gasteiger charge is -2.06. The fraction of sp³-hybridized carbons (Fsp3) is 0.300. The van der Waals surface area contributed by atoms with E-state index in [0.717, 1.165) is 25.7 Å². The molecule has 7 heteroatoms. The molecule has 0 bridgehead atoms. The summed E-state index contributed by atoms with van der Waals surface area (Å²) in [5, 5.41) is 3.53. The van der Waals surface area contributed by atoms with Gasteiger partial charge in [0.2, 0.25) is 0 Å². The van der Waals surface area contributed by atoms with Crippen LogP contribution in [0, 0.1) is 5.92 Å². The van der Waals surface area contributed by atoms with Crippen LogP contribution in [0.2, 0.25) is 0 Å². The lowest BCUT2D eigenvalue weighted by atomic mass is 10.0. The second-order valence-electron chi connectivity index (χ2n) is 6.53. The number of hydrogen-bond donors (Lipinski definition) is 1. The Bertz CT molecular complexity index is 929. The number of Topliss-reactive ketones (excluding diaryl/α,β-unsaturated/α-hetero) is 1. The molecule has 1 saturated carbocycles. The second kappa shape index (κ2) is 7.84. The normalized spacial score (nSPS) is 14.4. The predicted octanol–water partition coefficient (Wildman–Crippen LogP) is 4.10. The van der Waals surface area contributed by atoms with Gasteiger partial charge in [-0.15, -0.1) is 11.3 Å². The Kier molecular flexibility index (Phi) is 5.11. The number of nitrogens with one attached hydrogen (secondary N) is 1. The molecule has 1 aliphatic rings. The summed E-state index contributed by atoms with van der Waals surface area (Å²) in [6, 6.07) is 6.89. The van der Waals surface area contributed by atoms with Gasteiger partial charge in [-0.1, -0.05) is 12.8 Å². The molecule has 27 heavy (non-hydrogen) atoms. The molecule has 6 nitrogen and oxygen atoms in total. The number of amides is 1. The number of furan rings is 1. The Hall–Kier alpha value is -2.80. The maximum atomic E-state index is 13.0. The quantitative estimate of drug-likeness (QED) is 0.650. The number of ketones is 1. The second-order valence-corrected chi connectivity index (χ2v) is 7.61. The largest absolute Gasteiger partial charge is 0.463 e. The van der Waals surface area contributed by atoms with Crippen LogP contribution in [0.4, 0.5) is 0 Å². The highest BCUT2D eigenvalue weighted by molar-refractivity contribution is 7.14. The summed E-state index contributed by atoms with van der Waals surface area (Å²) in [4.78, 5) is 34.3. The standard InChI is InChI=1S/C20H19N3O3S/c24-18(13-4-1-2-5-13)19-17(15-6-3-11-26-15)23-16(27-19)12-22-20(25)14-7-9-21-10-8-14/h3,6-11,13H,1-2,4-5,12H2,(H,22,25). The highest BCUT2D eigenvalue weighted by Gasteiger charge is 2.29. The summed E-state index contributed by atoms with van der Waals surface area (Å²) in [7, 11) is 0. The number of rotatable bonds is 6. The first kappa shape index (κ1) is 17.6. The molecule has 138 valence electrons. The number of carbonyl (C=O) groups excluding carboxylic acids is 2. The van der Waals surface area contributed by atoms with Gasteiger partial charge in [0.15, 0.2) is 11.5 Å². The molecule has 0 atom stereocenters. The van der Waals surface area contributed by atoms with Crippen molar-refractivity contribution in [1.29, 1.82) is 0 Å². The third-order valence-corrected chi connectivity index (χ3v) is 5.79. The third kappa shape index (κ3) is 3.83. The van der Waals surface area contributed by atoms with E-state index in [1.54, 1.807) is 42.9 Å². The van der Waals surface area contributed by atoms with E-state index in [1.165, 1.54) is 11.3 Å². The summed E-state index contributed by atoms with van der Waals surface area (Å²) < 4.78 is 5.48. The van der Waals surface area contributed by atoms with Gasteiger partial charge in [-0.3, -0.25) is 14.6 Å². The van der Waals surface area contributed by atoms with Crippen LogP contribution in [0.1, 0.15) is 50.7 Å². The molecule has 0 radical (unpaired) electrons. The molecule has 4 rings (SSSR count). The molecule has 3 aromatic heterocycles. The molecule has 0 spiro atoms. The van der Waals surface area contributed by atoms with Crippen LogP contribution in [-0.2, 0) is 6.54 Å². The van der Waals surface area contributed by atoms with Crippen LogP contribution in [-0.4, -0.2) is 21.7 Å². The van der Waals surface area contributed by atoms with E-state index in [1.807, 2.05) is 0 Å². The van der Waals surface area contributed by atoms with Crippen molar-refractivity contribution in [3.05, 3.63) is 58.4 Å². The van der Waals surface area contributed by atoms with Gasteiger partial charge < -0.3 is 9.73 Å². The van der Waals surface area contributed by atoms with Crippen LogP contribution >= 0.6 is 11.3 Å². The minimum absolute atomic E-state index is 0.0680. The molecular weight excluding hydrogens is 362 g/mol. The number of carbonyl (C=O) groups is 2. The van der Waals surface area contributed by atoms with Crippen molar-refractivity contribution in [2.45, 2.75) is 32.2 Å². The minimum atomic E-state index is -0.198.